The second-order valence-electron chi connectivity index (χ2n) is 7.71. The Balaban J connectivity index is 1.47. The fourth-order valence-electron chi connectivity index (χ4n) is 4.22. The number of fused-ring (bicyclic) bond motifs is 1. The van der Waals surface area contributed by atoms with Gasteiger partial charge >= 0.3 is 0 Å². The van der Waals surface area contributed by atoms with Gasteiger partial charge in [-0.25, -0.2) is 0 Å². The van der Waals surface area contributed by atoms with E-state index in [2.05, 4.69) is 10.1 Å². The minimum Gasteiger partial charge on any atom is -0.337 e. The number of aryl methyl sites for hydroxylation is 1. The van der Waals surface area contributed by atoms with E-state index in [4.69, 9.17) is 0 Å². The highest BCUT2D eigenvalue weighted by Crippen LogP contribution is 2.22. The van der Waals surface area contributed by atoms with Gasteiger partial charge in [0.15, 0.2) is 0 Å². The monoisotopic (exact) mass is 405 g/mol. The predicted octanol–water partition coefficient (Wildman–Crippen LogP) is 3.22. The highest BCUT2D eigenvalue weighted by Gasteiger charge is 2.28. The maximum Gasteiger partial charge on any atom is 0.273 e. The summed E-state index contributed by atoms with van der Waals surface area (Å²) >= 11 is 0. The molecule has 1 atom stereocenters. The normalized spacial score (nSPS) is 17.0. The minimum atomic E-state index is -0.0689. The highest BCUT2D eigenvalue weighted by molar-refractivity contribution is 6.05. The highest BCUT2D eigenvalue weighted by atomic mass is 16.2. The third-order valence-electron chi connectivity index (χ3n) is 5.96. The van der Waals surface area contributed by atoms with Crippen molar-refractivity contribution in [3.05, 3.63) is 60.2 Å². The van der Waals surface area contributed by atoms with Crippen LogP contribution in [0.1, 0.15) is 47.2 Å². The molecule has 0 saturated carbocycles. The van der Waals surface area contributed by atoms with Crippen LogP contribution in [0.15, 0.2) is 48.8 Å². The Bertz CT molecular complexity index is 1060. The first kappa shape index (κ1) is 20.1. The van der Waals surface area contributed by atoms with E-state index >= 15 is 0 Å². The van der Waals surface area contributed by atoms with E-state index in [1.807, 2.05) is 49.2 Å². The van der Waals surface area contributed by atoms with Gasteiger partial charge in [-0.05, 0) is 43.7 Å². The Morgan fingerprint density at radius 2 is 1.93 bits per heavy atom. The molecule has 1 aliphatic rings. The zero-order valence-corrected chi connectivity index (χ0v) is 17.5. The summed E-state index contributed by atoms with van der Waals surface area (Å²) in [6.45, 7) is 3.96. The van der Waals surface area contributed by atoms with Crippen LogP contribution in [0, 0.1) is 0 Å². The first-order chi connectivity index (χ1) is 14.6. The number of rotatable bonds is 4. The van der Waals surface area contributed by atoms with E-state index in [-0.39, 0.29) is 17.9 Å². The Labute approximate surface area is 176 Å². The van der Waals surface area contributed by atoms with E-state index in [1.54, 1.807) is 28.0 Å². The van der Waals surface area contributed by atoms with Gasteiger partial charge in [-0.2, -0.15) is 5.10 Å². The fraction of sp³-hybridized carbons (Fsp3) is 0.391. The van der Waals surface area contributed by atoms with Crippen LogP contribution in [0.5, 0.6) is 0 Å². The molecule has 1 aromatic carbocycles. The molecular weight excluding hydrogens is 378 g/mol. The van der Waals surface area contributed by atoms with Crippen LogP contribution < -0.4 is 0 Å². The van der Waals surface area contributed by atoms with Crippen LogP contribution in [0.4, 0.5) is 0 Å². The average molecular weight is 406 g/mol. The lowest BCUT2D eigenvalue weighted by molar-refractivity contribution is 0.0704. The van der Waals surface area contributed by atoms with Crippen LogP contribution in [0.3, 0.4) is 0 Å². The van der Waals surface area contributed by atoms with Gasteiger partial charge in [0, 0.05) is 50.5 Å². The average Bonchev–Trinajstić information content (AvgIpc) is 3.13. The lowest BCUT2D eigenvalue weighted by Gasteiger charge is -2.27. The van der Waals surface area contributed by atoms with E-state index in [0.29, 0.717) is 31.0 Å². The van der Waals surface area contributed by atoms with Crippen LogP contribution in [0.25, 0.3) is 10.8 Å². The quantitative estimate of drug-likeness (QED) is 0.668. The van der Waals surface area contributed by atoms with Crippen LogP contribution in [-0.4, -0.2) is 62.6 Å². The Kier molecular flexibility index (Phi) is 5.79. The summed E-state index contributed by atoms with van der Waals surface area (Å²) in [6, 6.07) is 11.6. The molecule has 1 fully saturated rings. The van der Waals surface area contributed by atoms with Crippen LogP contribution >= 0.6 is 0 Å². The zero-order chi connectivity index (χ0) is 21.1. The largest absolute Gasteiger partial charge is 0.337 e. The number of nitrogens with zero attached hydrogens (tertiary/aromatic N) is 5. The number of aromatic nitrogens is 3. The number of likely N-dealkylation sites (tertiary alicyclic amines) is 1. The number of carbonyl (C=O) groups excluding carboxylic acids is 2. The van der Waals surface area contributed by atoms with E-state index < -0.39 is 0 Å². The molecule has 156 valence electrons. The Morgan fingerprint density at radius 1 is 1.10 bits per heavy atom. The van der Waals surface area contributed by atoms with Crippen molar-refractivity contribution >= 4 is 22.6 Å². The Morgan fingerprint density at radius 3 is 2.77 bits per heavy atom. The number of hydrogen-bond donors (Lipinski definition) is 0. The molecule has 2 amide bonds. The molecule has 2 aromatic heterocycles. The first-order valence-electron chi connectivity index (χ1n) is 10.5. The number of amides is 2. The van der Waals surface area contributed by atoms with Crippen molar-refractivity contribution in [3.63, 3.8) is 0 Å². The second-order valence-corrected chi connectivity index (χ2v) is 7.71. The molecule has 0 bridgehead atoms. The summed E-state index contributed by atoms with van der Waals surface area (Å²) in [7, 11) is 1.85. The SMILES string of the molecule is CCn1nccc1C(=O)N1CCC[C@H](N(C)C(=O)c2nccc3ccccc23)CC1. The molecule has 0 spiro atoms. The molecule has 7 nitrogen and oxygen atoms in total. The third kappa shape index (κ3) is 3.79. The summed E-state index contributed by atoms with van der Waals surface area (Å²) in [6.07, 6.45) is 5.83. The molecular formula is C23H27N5O2. The fourth-order valence-corrected chi connectivity index (χ4v) is 4.22. The third-order valence-corrected chi connectivity index (χ3v) is 5.96. The van der Waals surface area contributed by atoms with Crippen molar-refractivity contribution in [1.82, 2.24) is 24.6 Å². The number of pyridine rings is 1. The van der Waals surface area contributed by atoms with Crippen molar-refractivity contribution in [1.29, 1.82) is 0 Å². The lowest BCUT2D eigenvalue weighted by atomic mass is 10.1. The van der Waals surface area contributed by atoms with Gasteiger partial charge in [-0.15, -0.1) is 0 Å². The summed E-state index contributed by atoms with van der Waals surface area (Å²) in [5.41, 5.74) is 1.11. The van der Waals surface area contributed by atoms with E-state index in [1.165, 1.54) is 0 Å². The van der Waals surface area contributed by atoms with E-state index in [0.717, 1.165) is 30.0 Å². The van der Waals surface area contributed by atoms with Gasteiger partial charge in [0.25, 0.3) is 11.8 Å². The minimum absolute atomic E-state index is 0.0136. The molecule has 3 aromatic rings. The molecule has 4 rings (SSSR count). The number of hydrogen-bond acceptors (Lipinski definition) is 4. The maximum atomic E-state index is 13.2. The van der Waals surface area contributed by atoms with E-state index in [9.17, 15) is 9.59 Å². The van der Waals surface area contributed by atoms with Crippen molar-refractivity contribution in [3.8, 4) is 0 Å². The molecule has 1 aliphatic heterocycles. The molecule has 0 aliphatic carbocycles. The van der Waals surface area contributed by atoms with Gasteiger partial charge in [0.05, 0.1) is 0 Å². The van der Waals surface area contributed by atoms with Gasteiger partial charge in [-0.1, -0.05) is 24.3 Å². The predicted molar refractivity (Wildman–Crippen MR) is 115 cm³/mol. The van der Waals surface area contributed by atoms with Crippen LogP contribution in [-0.2, 0) is 6.54 Å². The summed E-state index contributed by atoms with van der Waals surface area (Å²) < 4.78 is 1.73. The van der Waals surface area contributed by atoms with Gasteiger partial charge < -0.3 is 9.80 Å². The van der Waals surface area contributed by atoms with Gasteiger partial charge in [-0.3, -0.25) is 19.3 Å². The van der Waals surface area contributed by atoms with Gasteiger partial charge in [0.2, 0.25) is 0 Å². The molecule has 0 N–H and O–H groups in total. The zero-order valence-electron chi connectivity index (χ0n) is 17.5. The molecule has 0 unspecified atom stereocenters. The van der Waals surface area contributed by atoms with Gasteiger partial charge in [0.1, 0.15) is 11.4 Å². The lowest BCUT2D eigenvalue weighted by Crippen LogP contribution is -2.39. The van der Waals surface area contributed by atoms with Crippen LogP contribution in [0.2, 0.25) is 0 Å². The van der Waals surface area contributed by atoms with Crippen molar-refractivity contribution in [2.75, 3.05) is 20.1 Å². The second kappa shape index (κ2) is 8.65. The molecule has 3 heterocycles. The number of benzene rings is 1. The maximum absolute atomic E-state index is 13.2. The Hall–Kier alpha value is -3.22. The van der Waals surface area contributed by atoms with Crippen molar-refractivity contribution in [2.24, 2.45) is 0 Å². The summed E-state index contributed by atoms with van der Waals surface area (Å²) in [4.78, 5) is 34.2. The number of carbonyl (C=O) groups is 2. The van der Waals surface area contributed by atoms with Crippen molar-refractivity contribution < 1.29 is 9.59 Å². The topological polar surface area (TPSA) is 71.3 Å². The molecule has 7 heteroatoms. The smallest absolute Gasteiger partial charge is 0.273 e. The standard InChI is InChI=1S/C23H27N5O2/c1-3-28-20(11-14-25-28)22(29)27-15-6-8-18(12-16-27)26(2)23(30)21-19-9-5-4-7-17(19)10-13-24-21/h4-5,7,9-11,13-14,18H,3,6,8,12,15-16H2,1-2H3/t18-/m0/s1. The molecule has 0 radical (unpaired) electrons. The molecule has 30 heavy (non-hydrogen) atoms. The first-order valence-corrected chi connectivity index (χ1v) is 10.5. The van der Waals surface area contributed by atoms with Crippen molar-refractivity contribution in [2.45, 2.75) is 38.8 Å². The molecule has 1 saturated heterocycles. The summed E-state index contributed by atoms with van der Waals surface area (Å²) in [5.74, 6) is -0.0552. The summed E-state index contributed by atoms with van der Waals surface area (Å²) in [5, 5.41) is 6.09.